The van der Waals surface area contributed by atoms with Crippen molar-refractivity contribution in [1.82, 2.24) is 40.0 Å². The van der Waals surface area contributed by atoms with E-state index in [1.165, 1.54) is 16.8 Å². The van der Waals surface area contributed by atoms with Crippen molar-refractivity contribution in [3.63, 3.8) is 0 Å². The molecule has 3 aliphatic heterocycles. The third kappa shape index (κ3) is 9.69. The number of hydrogen-bond acceptors (Lipinski definition) is 10. The highest BCUT2D eigenvalue weighted by atomic mass is 16.5. The van der Waals surface area contributed by atoms with E-state index in [4.69, 9.17) is 19.5 Å². The summed E-state index contributed by atoms with van der Waals surface area (Å²) < 4.78 is 14.2. The van der Waals surface area contributed by atoms with Crippen molar-refractivity contribution in [3.05, 3.63) is 59.4 Å². The van der Waals surface area contributed by atoms with Crippen LogP contribution in [0, 0.1) is 11.3 Å². The quantitative estimate of drug-likeness (QED) is 0.224. The summed E-state index contributed by atoms with van der Waals surface area (Å²) in [5, 5.41) is 5.52. The summed E-state index contributed by atoms with van der Waals surface area (Å²) in [5.74, 6) is -1.74. The number of cyclic esters (lactones) is 1. The second-order valence-electron chi connectivity index (χ2n) is 19.3. The number of hydrogen-bond donors (Lipinski definition) is 2. The van der Waals surface area contributed by atoms with Gasteiger partial charge in [0.2, 0.25) is 11.8 Å². The van der Waals surface area contributed by atoms with Crippen LogP contribution in [-0.4, -0.2) is 136 Å². The minimum Gasteiger partial charge on any atom is -0.464 e. The first kappa shape index (κ1) is 47.4. The van der Waals surface area contributed by atoms with E-state index in [2.05, 4.69) is 66.4 Å². The number of carbonyl (C=O) groups excluding carboxylic acids is 5. The van der Waals surface area contributed by atoms with Gasteiger partial charge in [-0.05, 0) is 75.3 Å². The molecule has 354 valence electrons. The molecule has 5 amide bonds. The zero-order valence-electron chi connectivity index (χ0n) is 39.9. The number of ether oxygens (including phenoxy) is 2. The zero-order chi connectivity index (χ0) is 47.1. The van der Waals surface area contributed by atoms with Gasteiger partial charge in [0.15, 0.2) is 0 Å². The van der Waals surface area contributed by atoms with Crippen LogP contribution in [0.3, 0.4) is 0 Å². The van der Waals surface area contributed by atoms with Crippen molar-refractivity contribution in [1.29, 1.82) is 0 Å². The maximum Gasteiger partial charge on any atom is 0.324 e. The monoisotopic (exact) mass is 898 g/mol. The number of esters is 1. The molecule has 4 aliphatic rings. The molecule has 1 aromatic carbocycles. The zero-order valence-corrected chi connectivity index (χ0v) is 39.9. The van der Waals surface area contributed by atoms with Crippen LogP contribution in [0.5, 0.6) is 0 Å². The molecular formula is C49H71N9O7. The molecule has 6 atom stereocenters. The van der Waals surface area contributed by atoms with Gasteiger partial charge in [0, 0.05) is 103 Å². The molecule has 3 aromatic rings. The van der Waals surface area contributed by atoms with E-state index in [0.29, 0.717) is 50.9 Å². The molecule has 2 aromatic heterocycles. The number of urea groups is 1. The third-order valence-corrected chi connectivity index (χ3v) is 13.6. The van der Waals surface area contributed by atoms with Gasteiger partial charge < -0.3 is 34.1 Å². The Balaban J connectivity index is 0.00000420. The SMILES string of the molecule is CCn1c(-c2cccnc2[C@H](C)OC)c2c3cc(ccc31)C1=CCC(=N1)C[C@H](NC(=O)[C@H](C(C)C)N(C)C(=O)N(C)[C@@H]1C[C@H]1N(C)C(C)=O)C(=O)N1CCC[C@H](N1)C(=O)OCC(C)(C)C2.[HH].[HH]. The minimum atomic E-state index is -1.06. The van der Waals surface area contributed by atoms with Gasteiger partial charge in [-0.1, -0.05) is 39.8 Å². The van der Waals surface area contributed by atoms with Crippen molar-refractivity contribution in [2.45, 2.75) is 130 Å². The number of likely N-dealkylation sites (N-methyl/N-ethyl adjacent to an activating group) is 3. The van der Waals surface area contributed by atoms with Crippen LogP contribution in [0.25, 0.3) is 27.9 Å². The number of rotatable bonds is 10. The highest BCUT2D eigenvalue weighted by Gasteiger charge is 2.48. The minimum absolute atomic E-state index is 0. The van der Waals surface area contributed by atoms with Gasteiger partial charge in [0.05, 0.1) is 41.9 Å². The second-order valence-corrected chi connectivity index (χ2v) is 19.3. The molecule has 2 fully saturated rings. The number of aliphatic imine (C=N–C) groups is 1. The molecule has 16 heteroatoms. The van der Waals surface area contributed by atoms with Gasteiger partial charge in [0.25, 0.3) is 5.91 Å². The van der Waals surface area contributed by atoms with Crippen LogP contribution in [0.4, 0.5) is 4.79 Å². The number of amides is 5. The Hall–Kier alpha value is -5.61. The van der Waals surface area contributed by atoms with E-state index in [1.807, 2.05) is 26.8 Å². The van der Waals surface area contributed by atoms with Crippen LogP contribution < -0.4 is 10.7 Å². The summed E-state index contributed by atoms with van der Waals surface area (Å²) in [6.45, 7) is 14.7. The lowest BCUT2D eigenvalue weighted by molar-refractivity contribution is -0.155. The van der Waals surface area contributed by atoms with Crippen molar-refractivity contribution in [3.8, 4) is 11.3 Å². The van der Waals surface area contributed by atoms with E-state index in [9.17, 15) is 24.0 Å². The molecule has 1 aliphatic carbocycles. The molecule has 1 saturated heterocycles. The van der Waals surface area contributed by atoms with E-state index >= 15 is 0 Å². The van der Waals surface area contributed by atoms with E-state index < -0.39 is 41.3 Å². The molecule has 5 heterocycles. The number of fused-ring (bicyclic) bond motifs is 5. The van der Waals surface area contributed by atoms with E-state index in [0.717, 1.165) is 44.7 Å². The first-order valence-corrected chi connectivity index (χ1v) is 23.0. The summed E-state index contributed by atoms with van der Waals surface area (Å²) in [6, 6.07) is 7.06. The molecule has 0 spiro atoms. The fraction of sp³-hybridized carbons (Fsp3) is 0.571. The van der Waals surface area contributed by atoms with Crippen molar-refractivity contribution < 1.29 is 36.3 Å². The predicted molar refractivity (Wildman–Crippen MR) is 254 cm³/mol. The van der Waals surface area contributed by atoms with Crippen LogP contribution in [-0.2, 0) is 41.6 Å². The highest BCUT2D eigenvalue weighted by molar-refractivity contribution is 6.02. The molecule has 0 unspecified atom stereocenters. The van der Waals surface area contributed by atoms with Crippen molar-refractivity contribution in [2.24, 2.45) is 16.3 Å². The number of nitrogens with zero attached hydrogens (tertiary/aromatic N) is 7. The maximum absolute atomic E-state index is 14.6. The number of aromatic nitrogens is 2. The maximum atomic E-state index is 14.6. The molecule has 1 saturated carbocycles. The van der Waals surface area contributed by atoms with Gasteiger partial charge in [-0.3, -0.25) is 34.2 Å². The van der Waals surface area contributed by atoms with Gasteiger partial charge in [-0.2, -0.15) is 0 Å². The fourth-order valence-corrected chi connectivity index (χ4v) is 9.80. The Morgan fingerprint density at radius 1 is 1.09 bits per heavy atom. The van der Waals surface area contributed by atoms with Crippen LogP contribution in [0.2, 0.25) is 0 Å². The normalized spacial score (nSPS) is 22.9. The first-order valence-electron chi connectivity index (χ1n) is 23.0. The topological polar surface area (TPSA) is 171 Å². The van der Waals surface area contributed by atoms with Gasteiger partial charge in [-0.15, -0.1) is 0 Å². The molecule has 16 nitrogen and oxygen atoms in total. The van der Waals surface area contributed by atoms with Crippen LogP contribution in [0.1, 0.15) is 106 Å². The number of nitrogens with one attached hydrogen (secondary N) is 2. The number of allylic oxidation sites excluding steroid dienone is 1. The average molecular weight is 898 g/mol. The third-order valence-electron chi connectivity index (χ3n) is 13.6. The van der Waals surface area contributed by atoms with Crippen LogP contribution >= 0.6 is 0 Å². The predicted octanol–water partition coefficient (Wildman–Crippen LogP) is 6.23. The number of methoxy groups -OCH3 is 1. The molecule has 0 radical (unpaired) electrons. The summed E-state index contributed by atoms with van der Waals surface area (Å²) >= 11 is 0. The Morgan fingerprint density at radius 2 is 1.83 bits per heavy atom. The fourth-order valence-electron chi connectivity index (χ4n) is 9.80. The Kier molecular flexibility index (Phi) is 13.9. The average Bonchev–Trinajstić information content (AvgIpc) is 3.85. The van der Waals surface area contributed by atoms with Gasteiger partial charge >= 0.3 is 12.0 Å². The Morgan fingerprint density at radius 3 is 2.52 bits per heavy atom. The smallest absolute Gasteiger partial charge is 0.324 e. The number of pyridine rings is 1. The standard InChI is InChI=1S/C49H67N9O7.2H2/c1-12-57-39-20-17-31-23-34(39)35(44(57)33-15-13-21-50-42(33)29(4)64-11)26-49(6,7)27-65-47(62)37-16-14-22-58(53-37)46(61)38(24-32-18-19-36(31)51-32)52-45(60)43(28(2)3)56(10)48(63)55(9)41-25-40(41)54(8)30(5)59;;/h13,15,17,19-21,23,28-29,37-38,40-41,43,53H,12,14,16,18,22,24-27H2,1-11H3,(H,52,60);2*1H/t29-,37-,38-,40+,41+,43-;;/m0../s1. The number of benzene rings is 1. The van der Waals surface area contributed by atoms with E-state index in [-0.39, 0.29) is 51.9 Å². The summed E-state index contributed by atoms with van der Waals surface area (Å²) in [4.78, 5) is 83.4. The van der Waals surface area contributed by atoms with Gasteiger partial charge in [0.1, 0.15) is 18.1 Å². The van der Waals surface area contributed by atoms with Crippen molar-refractivity contribution >= 4 is 52.0 Å². The van der Waals surface area contributed by atoms with Crippen LogP contribution in [0.15, 0.2) is 47.6 Å². The van der Waals surface area contributed by atoms with Gasteiger partial charge in [-0.25, -0.2) is 10.2 Å². The number of hydrazine groups is 1. The van der Waals surface area contributed by atoms with Crippen molar-refractivity contribution in [2.75, 3.05) is 41.4 Å². The largest absolute Gasteiger partial charge is 0.464 e. The number of carbonyl (C=O) groups is 5. The lowest BCUT2D eigenvalue weighted by atomic mass is 9.84. The molecular weight excluding hydrogens is 827 g/mol. The summed E-state index contributed by atoms with van der Waals surface area (Å²) in [5.41, 5.74) is 10.1. The molecule has 6 bridgehead atoms. The lowest BCUT2D eigenvalue weighted by Crippen LogP contribution is -2.62. The molecule has 65 heavy (non-hydrogen) atoms. The van der Waals surface area contributed by atoms with E-state index in [1.54, 1.807) is 44.2 Å². The lowest BCUT2D eigenvalue weighted by Gasteiger charge is -2.37. The summed E-state index contributed by atoms with van der Waals surface area (Å²) in [7, 11) is 6.69. The Bertz CT molecular complexity index is 2420. The highest BCUT2D eigenvalue weighted by Crippen LogP contribution is 2.42. The molecule has 2 N–H and O–H groups in total. The molecule has 7 rings (SSSR count). The summed E-state index contributed by atoms with van der Waals surface area (Å²) in [6.07, 6.45) is 6.43. The first-order chi connectivity index (χ1) is 30.8. The Labute approximate surface area is 385 Å². The number of aryl methyl sites for hydroxylation is 1. The second kappa shape index (κ2) is 19.1.